The van der Waals surface area contributed by atoms with E-state index in [4.69, 9.17) is 22.3 Å². The monoisotopic (exact) mass is 432 g/mol. The number of carboxylic acid groups (broad SMARTS) is 1. The van der Waals surface area contributed by atoms with E-state index in [9.17, 15) is 29.1 Å². The molecule has 0 bridgehead atoms. The van der Waals surface area contributed by atoms with Crippen molar-refractivity contribution in [3.05, 3.63) is 0 Å². The first-order valence-corrected chi connectivity index (χ1v) is 9.46. The number of aliphatic carboxylic acids is 1. The van der Waals surface area contributed by atoms with Crippen LogP contribution in [0.2, 0.25) is 0 Å². The lowest BCUT2D eigenvalue weighted by Crippen LogP contribution is -2.57. The van der Waals surface area contributed by atoms with Crippen molar-refractivity contribution in [2.24, 2.45) is 17.2 Å². The molecule has 0 spiro atoms. The maximum absolute atomic E-state index is 12.6. The molecule has 0 aromatic rings. The molecule has 0 saturated carbocycles. The van der Waals surface area contributed by atoms with Crippen LogP contribution >= 0.6 is 0 Å². The van der Waals surface area contributed by atoms with Crippen molar-refractivity contribution in [1.82, 2.24) is 16.0 Å². The fraction of sp³-hybridized carbons (Fsp3) is 0.706. The SMILES string of the molecule is CC(NC(=O)C(CCCCN)NC(=O)C(N)CC(N)=O)C(=O)NC(C(=O)O)C(C)O. The van der Waals surface area contributed by atoms with E-state index in [0.29, 0.717) is 19.4 Å². The lowest BCUT2D eigenvalue weighted by Gasteiger charge is -2.24. The Balaban J connectivity index is 5.08. The first kappa shape index (κ1) is 27.2. The zero-order chi connectivity index (χ0) is 23.4. The number of carbonyl (C=O) groups is 5. The number of carbonyl (C=O) groups excluding carboxylic acids is 4. The van der Waals surface area contributed by atoms with Crippen LogP contribution in [0.4, 0.5) is 0 Å². The van der Waals surface area contributed by atoms with Crippen LogP contribution in [0.3, 0.4) is 0 Å². The molecule has 11 N–H and O–H groups in total. The molecule has 0 aliphatic rings. The van der Waals surface area contributed by atoms with Crippen LogP contribution < -0.4 is 33.2 Å². The molecule has 5 unspecified atom stereocenters. The third-order valence-corrected chi connectivity index (χ3v) is 4.14. The Labute approximate surface area is 174 Å². The second-order valence-corrected chi connectivity index (χ2v) is 6.92. The summed E-state index contributed by atoms with van der Waals surface area (Å²) in [6.07, 6.45) is -0.499. The van der Waals surface area contributed by atoms with Gasteiger partial charge in [0.2, 0.25) is 23.6 Å². The van der Waals surface area contributed by atoms with Crippen LogP contribution in [0.5, 0.6) is 0 Å². The lowest BCUT2D eigenvalue weighted by atomic mass is 10.1. The van der Waals surface area contributed by atoms with Crippen molar-refractivity contribution in [2.75, 3.05) is 6.54 Å². The van der Waals surface area contributed by atoms with Gasteiger partial charge in [0.25, 0.3) is 0 Å². The minimum Gasteiger partial charge on any atom is -0.480 e. The molecule has 0 radical (unpaired) electrons. The predicted molar refractivity (Wildman–Crippen MR) is 105 cm³/mol. The highest BCUT2D eigenvalue weighted by Crippen LogP contribution is 2.03. The van der Waals surface area contributed by atoms with Gasteiger partial charge >= 0.3 is 5.97 Å². The van der Waals surface area contributed by atoms with E-state index in [1.165, 1.54) is 13.8 Å². The van der Waals surface area contributed by atoms with Crippen LogP contribution in [-0.2, 0) is 24.0 Å². The zero-order valence-corrected chi connectivity index (χ0v) is 17.1. The van der Waals surface area contributed by atoms with Gasteiger partial charge in [0.1, 0.15) is 12.1 Å². The average Bonchev–Trinajstić information content (AvgIpc) is 2.63. The molecule has 30 heavy (non-hydrogen) atoms. The highest BCUT2D eigenvalue weighted by atomic mass is 16.4. The first-order valence-electron chi connectivity index (χ1n) is 9.46. The molecule has 0 fully saturated rings. The van der Waals surface area contributed by atoms with E-state index < -0.39 is 66.3 Å². The fourth-order valence-electron chi connectivity index (χ4n) is 2.40. The smallest absolute Gasteiger partial charge is 0.328 e. The van der Waals surface area contributed by atoms with E-state index in [1.807, 2.05) is 0 Å². The Kier molecular flexibility index (Phi) is 12.2. The molecule has 172 valence electrons. The molecule has 0 aromatic heterocycles. The second kappa shape index (κ2) is 13.5. The van der Waals surface area contributed by atoms with E-state index in [2.05, 4.69) is 16.0 Å². The van der Waals surface area contributed by atoms with Gasteiger partial charge < -0.3 is 43.4 Å². The Morgan fingerprint density at radius 3 is 2.00 bits per heavy atom. The molecule has 0 aromatic carbocycles. The number of aliphatic hydroxyl groups excluding tert-OH is 1. The zero-order valence-electron chi connectivity index (χ0n) is 17.1. The Morgan fingerprint density at radius 1 is 0.933 bits per heavy atom. The third-order valence-electron chi connectivity index (χ3n) is 4.14. The summed E-state index contributed by atoms with van der Waals surface area (Å²) in [5, 5.41) is 25.3. The maximum Gasteiger partial charge on any atom is 0.328 e. The van der Waals surface area contributed by atoms with Gasteiger partial charge in [-0.05, 0) is 39.7 Å². The molecule has 13 heteroatoms. The fourth-order valence-corrected chi connectivity index (χ4v) is 2.40. The average molecular weight is 432 g/mol. The number of hydrogen-bond acceptors (Lipinski definition) is 8. The van der Waals surface area contributed by atoms with Gasteiger partial charge in [-0.1, -0.05) is 0 Å². The number of unbranched alkanes of at least 4 members (excludes halogenated alkanes) is 1. The summed E-state index contributed by atoms with van der Waals surface area (Å²) in [5.74, 6) is -4.53. The summed E-state index contributed by atoms with van der Waals surface area (Å²) < 4.78 is 0. The van der Waals surface area contributed by atoms with Crippen LogP contribution in [0, 0.1) is 0 Å². The third kappa shape index (κ3) is 10.1. The molecule has 0 rings (SSSR count). The van der Waals surface area contributed by atoms with Crippen molar-refractivity contribution < 1.29 is 34.2 Å². The van der Waals surface area contributed by atoms with Crippen molar-refractivity contribution in [2.45, 2.75) is 69.8 Å². The largest absolute Gasteiger partial charge is 0.480 e. The molecule has 0 saturated heterocycles. The minimum absolute atomic E-state index is 0.192. The van der Waals surface area contributed by atoms with E-state index >= 15 is 0 Å². The summed E-state index contributed by atoms with van der Waals surface area (Å²) in [7, 11) is 0. The van der Waals surface area contributed by atoms with Crippen molar-refractivity contribution in [3.8, 4) is 0 Å². The maximum atomic E-state index is 12.6. The van der Waals surface area contributed by atoms with Gasteiger partial charge in [0.05, 0.1) is 18.6 Å². The molecular weight excluding hydrogens is 400 g/mol. The summed E-state index contributed by atoms with van der Waals surface area (Å²) in [4.78, 5) is 58.8. The Morgan fingerprint density at radius 2 is 1.53 bits per heavy atom. The molecule has 4 amide bonds. The van der Waals surface area contributed by atoms with E-state index in [1.54, 1.807) is 0 Å². The van der Waals surface area contributed by atoms with Gasteiger partial charge in [0.15, 0.2) is 6.04 Å². The Bertz CT molecular complexity index is 628. The van der Waals surface area contributed by atoms with Crippen LogP contribution in [0.25, 0.3) is 0 Å². The lowest BCUT2D eigenvalue weighted by molar-refractivity contribution is -0.145. The molecule has 13 nitrogen and oxygen atoms in total. The number of hydrogen-bond donors (Lipinski definition) is 8. The van der Waals surface area contributed by atoms with Crippen molar-refractivity contribution in [1.29, 1.82) is 0 Å². The summed E-state index contributed by atoms with van der Waals surface area (Å²) >= 11 is 0. The van der Waals surface area contributed by atoms with E-state index in [-0.39, 0.29) is 6.42 Å². The number of amides is 4. The first-order chi connectivity index (χ1) is 13.9. The van der Waals surface area contributed by atoms with Gasteiger partial charge in [-0.15, -0.1) is 0 Å². The minimum atomic E-state index is -1.55. The quantitative estimate of drug-likeness (QED) is 0.126. The van der Waals surface area contributed by atoms with Gasteiger partial charge in [-0.2, -0.15) is 0 Å². The summed E-state index contributed by atoms with van der Waals surface area (Å²) in [6, 6.07) is -5.02. The van der Waals surface area contributed by atoms with Crippen LogP contribution in [0.1, 0.15) is 39.5 Å². The number of rotatable bonds is 14. The highest BCUT2D eigenvalue weighted by Gasteiger charge is 2.30. The molecule has 0 heterocycles. The van der Waals surface area contributed by atoms with Crippen LogP contribution in [-0.4, -0.2) is 76.6 Å². The second-order valence-electron chi connectivity index (χ2n) is 6.92. The van der Waals surface area contributed by atoms with E-state index in [0.717, 1.165) is 0 Å². The topological polar surface area (TPSA) is 240 Å². The van der Waals surface area contributed by atoms with Crippen molar-refractivity contribution >= 4 is 29.6 Å². The summed E-state index contributed by atoms with van der Waals surface area (Å²) in [5.41, 5.74) is 16.0. The molecule has 0 aliphatic heterocycles. The normalized spacial score (nSPS) is 15.8. The number of aliphatic hydroxyl groups is 1. The predicted octanol–water partition coefficient (Wildman–Crippen LogP) is -3.74. The highest BCUT2D eigenvalue weighted by molar-refractivity contribution is 5.94. The molecular formula is C17H32N6O7. The number of nitrogens with one attached hydrogen (secondary N) is 3. The van der Waals surface area contributed by atoms with Crippen molar-refractivity contribution in [3.63, 3.8) is 0 Å². The van der Waals surface area contributed by atoms with Crippen LogP contribution in [0.15, 0.2) is 0 Å². The van der Waals surface area contributed by atoms with Gasteiger partial charge in [-0.25, -0.2) is 4.79 Å². The Hall–Kier alpha value is -2.77. The number of primary amides is 1. The standard InChI is InChI=1S/C17H32N6O7/c1-8(14(26)23-13(9(2)24)17(29)30)21-16(28)11(5-3-4-6-18)22-15(27)10(19)7-12(20)25/h8-11,13,24H,3-7,18-19H2,1-2H3,(H2,20,25)(H,21,28)(H,22,27)(H,23,26)(H,29,30). The number of carboxylic acids is 1. The molecule has 0 aliphatic carbocycles. The number of nitrogens with two attached hydrogens (primary N) is 3. The van der Waals surface area contributed by atoms with Gasteiger partial charge in [0, 0.05) is 0 Å². The summed E-state index contributed by atoms with van der Waals surface area (Å²) in [6.45, 7) is 2.88. The van der Waals surface area contributed by atoms with Gasteiger partial charge in [-0.3, -0.25) is 19.2 Å². The molecule has 5 atom stereocenters.